The molecule has 2 atom stereocenters. The number of amides is 1. The largest absolute Gasteiger partial charge is 0.335 e. The van der Waals surface area contributed by atoms with Crippen LogP contribution in [-0.2, 0) is 7.05 Å². The maximum Gasteiger partial charge on any atom is 0.259 e. The van der Waals surface area contributed by atoms with Gasteiger partial charge in [-0.1, -0.05) is 12.8 Å². The van der Waals surface area contributed by atoms with E-state index in [2.05, 4.69) is 10.00 Å². The van der Waals surface area contributed by atoms with Gasteiger partial charge < -0.3 is 9.47 Å². The molecule has 0 bridgehead atoms. The molecule has 0 spiro atoms. The minimum Gasteiger partial charge on any atom is -0.335 e. The van der Waals surface area contributed by atoms with Gasteiger partial charge in [-0.25, -0.2) is 0 Å². The van der Waals surface area contributed by atoms with Crippen molar-refractivity contribution in [3.63, 3.8) is 0 Å². The summed E-state index contributed by atoms with van der Waals surface area (Å²) in [6, 6.07) is 4.38. The van der Waals surface area contributed by atoms with Crippen LogP contribution >= 0.6 is 0 Å². The Morgan fingerprint density at radius 3 is 2.70 bits per heavy atom. The van der Waals surface area contributed by atoms with Gasteiger partial charge in [0.2, 0.25) is 0 Å². The highest BCUT2D eigenvalue weighted by Crippen LogP contribution is 2.36. The molecule has 2 unspecified atom stereocenters. The van der Waals surface area contributed by atoms with Crippen molar-refractivity contribution in [1.82, 2.24) is 19.2 Å². The number of aryl methyl sites for hydroxylation is 1. The average Bonchev–Trinajstić information content (AvgIpc) is 3.23. The summed E-state index contributed by atoms with van der Waals surface area (Å²) in [4.78, 5) is 15.4. The molecular weight excluding hydrogens is 288 g/mol. The molecular formula is C18H24N4O. The van der Waals surface area contributed by atoms with E-state index < -0.39 is 0 Å². The van der Waals surface area contributed by atoms with Gasteiger partial charge in [-0.3, -0.25) is 9.48 Å². The maximum absolute atomic E-state index is 13.2. The lowest BCUT2D eigenvalue weighted by Crippen LogP contribution is -2.49. The molecule has 1 saturated heterocycles. The zero-order valence-corrected chi connectivity index (χ0v) is 13.7. The van der Waals surface area contributed by atoms with Crippen molar-refractivity contribution in [3.8, 4) is 5.82 Å². The third kappa shape index (κ3) is 2.48. The van der Waals surface area contributed by atoms with Crippen molar-refractivity contribution >= 4 is 5.91 Å². The van der Waals surface area contributed by atoms with E-state index in [0.717, 1.165) is 30.8 Å². The molecule has 4 rings (SSSR count). The van der Waals surface area contributed by atoms with Gasteiger partial charge >= 0.3 is 0 Å². The zero-order chi connectivity index (χ0) is 15.8. The SMILES string of the molecule is Cn1ncc(C(=O)N2CCCC3CCCCC32)c1-n1cccc1. The number of hydrogen-bond acceptors (Lipinski definition) is 2. The van der Waals surface area contributed by atoms with E-state index in [0.29, 0.717) is 12.0 Å². The molecule has 3 heterocycles. The highest BCUT2D eigenvalue weighted by atomic mass is 16.2. The van der Waals surface area contributed by atoms with Crippen LogP contribution in [0.5, 0.6) is 0 Å². The minimum absolute atomic E-state index is 0.151. The first-order valence-electron chi connectivity index (χ1n) is 8.72. The summed E-state index contributed by atoms with van der Waals surface area (Å²) < 4.78 is 3.76. The number of fused-ring (bicyclic) bond motifs is 1. The number of piperidine rings is 1. The Morgan fingerprint density at radius 2 is 1.87 bits per heavy atom. The van der Waals surface area contributed by atoms with Crippen LogP contribution in [0.1, 0.15) is 48.9 Å². The molecule has 0 aromatic carbocycles. The summed E-state index contributed by atoms with van der Waals surface area (Å²) in [5.74, 6) is 1.71. The normalized spacial score (nSPS) is 24.5. The Labute approximate surface area is 136 Å². The van der Waals surface area contributed by atoms with Crippen LogP contribution < -0.4 is 0 Å². The van der Waals surface area contributed by atoms with Gasteiger partial charge in [-0.2, -0.15) is 5.10 Å². The molecule has 1 saturated carbocycles. The lowest BCUT2D eigenvalue weighted by molar-refractivity contribution is 0.0390. The van der Waals surface area contributed by atoms with Crippen LogP contribution in [0.15, 0.2) is 30.7 Å². The summed E-state index contributed by atoms with van der Waals surface area (Å²) in [5.41, 5.74) is 0.718. The third-order valence-electron chi connectivity index (χ3n) is 5.49. The van der Waals surface area contributed by atoms with E-state index in [-0.39, 0.29) is 5.91 Å². The fraction of sp³-hybridized carbons (Fsp3) is 0.556. The summed E-state index contributed by atoms with van der Waals surface area (Å²) in [7, 11) is 1.89. The summed E-state index contributed by atoms with van der Waals surface area (Å²) >= 11 is 0. The molecule has 2 fully saturated rings. The molecule has 0 radical (unpaired) electrons. The van der Waals surface area contributed by atoms with Crippen LogP contribution in [0.4, 0.5) is 0 Å². The Hall–Kier alpha value is -2.04. The number of aromatic nitrogens is 3. The molecule has 122 valence electrons. The fourth-order valence-corrected chi connectivity index (χ4v) is 4.40. The van der Waals surface area contributed by atoms with Crippen LogP contribution in [-0.4, -0.2) is 37.7 Å². The summed E-state index contributed by atoms with van der Waals surface area (Å²) in [6.07, 6.45) is 13.1. The quantitative estimate of drug-likeness (QED) is 0.855. The molecule has 23 heavy (non-hydrogen) atoms. The standard InChI is InChI=1S/C18H24N4O/c1-20-17(21-10-4-5-11-21)15(13-19-20)18(23)22-12-6-8-14-7-2-3-9-16(14)22/h4-5,10-11,13-14,16H,2-3,6-9,12H2,1H3. The van der Waals surface area contributed by atoms with Gasteiger partial charge in [-0.05, 0) is 43.7 Å². The average molecular weight is 312 g/mol. The second-order valence-electron chi connectivity index (χ2n) is 6.85. The van der Waals surface area contributed by atoms with Crippen LogP contribution in [0, 0.1) is 5.92 Å². The van der Waals surface area contributed by atoms with Gasteiger partial charge in [-0.15, -0.1) is 0 Å². The molecule has 5 nitrogen and oxygen atoms in total. The number of hydrogen-bond donors (Lipinski definition) is 0. The van der Waals surface area contributed by atoms with E-state index in [9.17, 15) is 4.79 Å². The molecule has 2 aliphatic rings. The van der Waals surface area contributed by atoms with Gasteiger partial charge in [0, 0.05) is 32.0 Å². The predicted octanol–water partition coefficient (Wildman–Crippen LogP) is 3.01. The van der Waals surface area contributed by atoms with E-state index in [1.54, 1.807) is 10.9 Å². The molecule has 1 aliphatic heterocycles. The van der Waals surface area contributed by atoms with Crippen molar-refractivity contribution in [2.24, 2.45) is 13.0 Å². The fourth-order valence-electron chi connectivity index (χ4n) is 4.40. The second-order valence-corrected chi connectivity index (χ2v) is 6.85. The first kappa shape index (κ1) is 14.5. The Balaban J connectivity index is 1.67. The predicted molar refractivity (Wildman–Crippen MR) is 88.6 cm³/mol. The summed E-state index contributed by atoms with van der Waals surface area (Å²) in [6.45, 7) is 0.889. The number of carbonyl (C=O) groups excluding carboxylic acids is 1. The minimum atomic E-state index is 0.151. The van der Waals surface area contributed by atoms with Crippen molar-refractivity contribution < 1.29 is 4.79 Å². The van der Waals surface area contributed by atoms with Gasteiger partial charge in [0.05, 0.1) is 6.20 Å². The lowest BCUT2D eigenvalue weighted by atomic mass is 9.78. The topological polar surface area (TPSA) is 43.1 Å². The van der Waals surface area contributed by atoms with Crippen LogP contribution in [0.25, 0.3) is 5.82 Å². The first-order chi connectivity index (χ1) is 11.3. The lowest BCUT2D eigenvalue weighted by Gasteiger charge is -2.44. The van der Waals surface area contributed by atoms with Gasteiger partial charge in [0.1, 0.15) is 11.4 Å². The van der Waals surface area contributed by atoms with E-state index in [1.165, 1.54) is 25.7 Å². The number of rotatable bonds is 2. The van der Waals surface area contributed by atoms with Crippen molar-refractivity contribution in [2.75, 3.05) is 6.54 Å². The number of likely N-dealkylation sites (tertiary alicyclic amines) is 1. The Bertz CT molecular complexity index is 686. The molecule has 5 heteroatoms. The molecule has 1 aliphatic carbocycles. The molecule has 0 N–H and O–H groups in total. The van der Waals surface area contributed by atoms with Gasteiger partial charge in [0.15, 0.2) is 0 Å². The van der Waals surface area contributed by atoms with E-state index >= 15 is 0 Å². The Morgan fingerprint density at radius 1 is 1.13 bits per heavy atom. The highest BCUT2D eigenvalue weighted by molar-refractivity contribution is 5.97. The monoisotopic (exact) mass is 312 g/mol. The first-order valence-corrected chi connectivity index (χ1v) is 8.72. The number of nitrogens with zero attached hydrogens (tertiary/aromatic N) is 4. The van der Waals surface area contributed by atoms with Gasteiger partial charge in [0.25, 0.3) is 5.91 Å². The maximum atomic E-state index is 13.2. The number of carbonyl (C=O) groups is 1. The Kier molecular flexibility index (Phi) is 3.71. The van der Waals surface area contributed by atoms with E-state index in [4.69, 9.17) is 0 Å². The molecule has 1 amide bonds. The van der Waals surface area contributed by atoms with Crippen molar-refractivity contribution in [3.05, 3.63) is 36.3 Å². The molecule has 2 aromatic heterocycles. The van der Waals surface area contributed by atoms with E-state index in [1.807, 2.05) is 36.1 Å². The van der Waals surface area contributed by atoms with Crippen molar-refractivity contribution in [2.45, 2.75) is 44.6 Å². The van der Waals surface area contributed by atoms with Crippen molar-refractivity contribution in [1.29, 1.82) is 0 Å². The smallest absolute Gasteiger partial charge is 0.259 e. The molecule has 2 aromatic rings. The highest BCUT2D eigenvalue weighted by Gasteiger charge is 2.37. The van der Waals surface area contributed by atoms with Crippen LogP contribution in [0.3, 0.4) is 0 Å². The second kappa shape index (κ2) is 5.87. The summed E-state index contributed by atoms with van der Waals surface area (Å²) in [5, 5.41) is 4.34. The zero-order valence-electron chi connectivity index (χ0n) is 13.7. The van der Waals surface area contributed by atoms with Crippen LogP contribution in [0.2, 0.25) is 0 Å². The third-order valence-corrected chi connectivity index (χ3v) is 5.49.